The first kappa shape index (κ1) is 17.3. The number of hydrogen-bond acceptors (Lipinski definition) is 3. The van der Waals surface area contributed by atoms with Gasteiger partial charge in [-0.05, 0) is 51.3 Å². The largest absolute Gasteiger partial charge is 0.480 e. The minimum atomic E-state index is -0.796. The van der Waals surface area contributed by atoms with Gasteiger partial charge < -0.3 is 15.7 Å². The van der Waals surface area contributed by atoms with Crippen molar-refractivity contribution in [2.45, 2.75) is 32.7 Å². The SMILES string of the molecule is Cc1ccc(NC(=O)NCC2CCCN(C(C)C(=O)O)C2)cc1. The van der Waals surface area contributed by atoms with Crippen molar-refractivity contribution >= 4 is 17.7 Å². The van der Waals surface area contributed by atoms with Gasteiger partial charge in [-0.2, -0.15) is 0 Å². The van der Waals surface area contributed by atoms with E-state index in [-0.39, 0.29) is 11.9 Å². The van der Waals surface area contributed by atoms with Gasteiger partial charge in [-0.3, -0.25) is 9.69 Å². The highest BCUT2D eigenvalue weighted by molar-refractivity contribution is 5.89. The average Bonchev–Trinajstić information content (AvgIpc) is 2.54. The number of rotatable bonds is 5. The van der Waals surface area contributed by atoms with Gasteiger partial charge in [0.05, 0.1) is 0 Å². The normalized spacial score (nSPS) is 19.8. The number of aliphatic carboxylic acids is 1. The maximum Gasteiger partial charge on any atom is 0.320 e. The van der Waals surface area contributed by atoms with Crippen LogP contribution in [0.5, 0.6) is 0 Å². The van der Waals surface area contributed by atoms with Crippen molar-refractivity contribution in [3.63, 3.8) is 0 Å². The zero-order valence-electron chi connectivity index (χ0n) is 13.7. The van der Waals surface area contributed by atoms with Crippen molar-refractivity contribution in [2.75, 3.05) is 25.0 Å². The zero-order chi connectivity index (χ0) is 16.8. The molecule has 1 aliphatic rings. The van der Waals surface area contributed by atoms with Gasteiger partial charge in [0.15, 0.2) is 0 Å². The summed E-state index contributed by atoms with van der Waals surface area (Å²) in [6, 6.07) is 6.93. The molecule has 1 aliphatic heterocycles. The fraction of sp³-hybridized carbons (Fsp3) is 0.529. The van der Waals surface area contributed by atoms with Crippen molar-refractivity contribution in [3.8, 4) is 0 Å². The summed E-state index contributed by atoms with van der Waals surface area (Å²) in [4.78, 5) is 25.0. The smallest absolute Gasteiger partial charge is 0.320 e. The van der Waals surface area contributed by atoms with E-state index in [4.69, 9.17) is 5.11 Å². The van der Waals surface area contributed by atoms with E-state index < -0.39 is 12.0 Å². The molecule has 1 aromatic rings. The molecule has 3 N–H and O–H groups in total. The quantitative estimate of drug-likeness (QED) is 0.778. The number of anilines is 1. The number of likely N-dealkylation sites (tertiary alicyclic amines) is 1. The average molecular weight is 319 g/mol. The Morgan fingerprint density at radius 3 is 2.70 bits per heavy atom. The molecule has 1 aromatic carbocycles. The lowest BCUT2D eigenvalue weighted by Crippen LogP contribution is -2.47. The highest BCUT2D eigenvalue weighted by Gasteiger charge is 2.27. The number of carbonyl (C=O) groups excluding carboxylic acids is 1. The fourth-order valence-corrected chi connectivity index (χ4v) is 2.82. The molecular weight excluding hydrogens is 294 g/mol. The first-order valence-corrected chi connectivity index (χ1v) is 8.04. The van der Waals surface area contributed by atoms with Gasteiger partial charge in [0.25, 0.3) is 0 Å². The topological polar surface area (TPSA) is 81.7 Å². The number of nitrogens with zero attached hydrogens (tertiary/aromatic N) is 1. The number of carboxylic acids is 1. The van der Waals surface area contributed by atoms with Crippen LogP contribution in [0.2, 0.25) is 0 Å². The van der Waals surface area contributed by atoms with Crippen LogP contribution in [-0.2, 0) is 4.79 Å². The number of hydrogen-bond donors (Lipinski definition) is 3. The molecule has 0 aromatic heterocycles. The van der Waals surface area contributed by atoms with E-state index in [1.54, 1.807) is 6.92 Å². The molecule has 1 heterocycles. The van der Waals surface area contributed by atoms with Crippen LogP contribution in [0.4, 0.5) is 10.5 Å². The van der Waals surface area contributed by atoms with E-state index in [0.717, 1.165) is 30.6 Å². The van der Waals surface area contributed by atoms with Crippen molar-refractivity contribution < 1.29 is 14.7 Å². The second-order valence-corrected chi connectivity index (χ2v) is 6.22. The summed E-state index contributed by atoms with van der Waals surface area (Å²) >= 11 is 0. The van der Waals surface area contributed by atoms with Gasteiger partial charge in [0, 0.05) is 18.8 Å². The van der Waals surface area contributed by atoms with E-state index in [1.165, 1.54) is 0 Å². The molecule has 1 fully saturated rings. The molecule has 0 bridgehead atoms. The minimum absolute atomic E-state index is 0.225. The summed E-state index contributed by atoms with van der Waals surface area (Å²) in [5.74, 6) is -0.509. The molecule has 6 nitrogen and oxygen atoms in total. The van der Waals surface area contributed by atoms with Crippen LogP contribution >= 0.6 is 0 Å². The second kappa shape index (κ2) is 7.97. The maximum atomic E-state index is 11.9. The van der Waals surface area contributed by atoms with Crippen molar-refractivity contribution in [1.29, 1.82) is 0 Å². The lowest BCUT2D eigenvalue weighted by atomic mass is 9.97. The van der Waals surface area contributed by atoms with Crippen LogP contribution in [0.15, 0.2) is 24.3 Å². The molecule has 2 unspecified atom stereocenters. The Balaban J connectivity index is 1.77. The molecule has 2 atom stereocenters. The first-order chi connectivity index (χ1) is 11.0. The Labute approximate surface area is 136 Å². The Bertz CT molecular complexity index is 545. The molecular formula is C17H25N3O3. The lowest BCUT2D eigenvalue weighted by Gasteiger charge is -2.35. The number of urea groups is 1. The maximum absolute atomic E-state index is 11.9. The second-order valence-electron chi connectivity index (χ2n) is 6.22. The van der Waals surface area contributed by atoms with Crippen molar-refractivity contribution in [1.82, 2.24) is 10.2 Å². The van der Waals surface area contributed by atoms with Gasteiger partial charge in [-0.1, -0.05) is 17.7 Å². The monoisotopic (exact) mass is 319 g/mol. The molecule has 0 spiro atoms. The van der Waals surface area contributed by atoms with Gasteiger partial charge in [0.2, 0.25) is 0 Å². The number of carbonyl (C=O) groups is 2. The molecule has 1 saturated heterocycles. The summed E-state index contributed by atoms with van der Waals surface area (Å²) in [6.45, 7) is 5.78. The predicted octanol–water partition coefficient (Wildman–Crippen LogP) is 2.30. The summed E-state index contributed by atoms with van der Waals surface area (Å²) in [5.41, 5.74) is 1.91. The summed E-state index contributed by atoms with van der Waals surface area (Å²) in [5, 5.41) is 14.8. The lowest BCUT2D eigenvalue weighted by molar-refractivity contribution is -0.143. The first-order valence-electron chi connectivity index (χ1n) is 8.04. The third-order valence-electron chi connectivity index (χ3n) is 4.32. The third-order valence-corrected chi connectivity index (χ3v) is 4.32. The molecule has 23 heavy (non-hydrogen) atoms. The van der Waals surface area contributed by atoms with Crippen molar-refractivity contribution in [3.05, 3.63) is 29.8 Å². The van der Waals surface area contributed by atoms with E-state index in [0.29, 0.717) is 13.1 Å². The molecule has 0 radical (unpaired) electrons. The number of carboxylic acid groups (broad SMARTS) is 1. The Morgan fingerprint density at radius 1 is 1.35 bits per heavy atom. The highest BCUT2D eigenvalue weighted by atomic mass is 16.4. The van der Waals surface area contributed by atoms with Crippen LogP contribution in [-0.4, -0.2) is 47.7 Å². The van der Waals surface area contributed by atoms with E-state index in [2.05, 4.69) is 10.6 Å². The Hall–Kier alpha value is -2.08. The Morgan fingerprint density at radius 2 is 2.04 bits per heavy atom. The summed E-state index contributed by atoms with van der Waals surface area (Å²) in [7, 11) is 0. The number of amides is 2. The molecule has 0 aliphatic carbocycles. The van der Waals surface area contributed by atoms with E-state index >= 15 is 0 Å². The van der Waals surface area contributed by atoms with E-state index in [9.17, 15) is 9.59 Å². The standard InChI is InChI=1S/C17H25N3O3/c1-12-5-7-15(8-6-12)19-17(23)18-10-14-4-3-9-20(11-14)13(2)16(21)22/h5-8,13-14H,3-4,9-11H2,1-2H3,(H,21,22)(H2,18,19,23). The van der Waals surface area contributed by atoms with Crippen LogP contribution in [0.25, 0.3) is 0 Å². The fourth-order valence-electron chi connectivity index (χ4n) is 2.82. The minimum Gasteiger partial charge on any atom is -0.480 e. The van der Waals surface area contributed by atoms with Gasteiger partial charge >= 0.3 is 12.0 Å². The molecule has 0 saturated carbocycles. The number of aryl methyl sites for hydroxylation is 1. The van der Waals surface area contributed by atoms with Crippen LogP contribution in [0.1, 0.15) is 25.3 Å². The third kappa shape index (κ3) is 5.25. The van der Waals surface area contributed by atoms with E-state index in [1.807, 2.05) is 36.1 Å². The Kier molecular flexibility index (Phi) is 5.98. The molecule has 2 amide bonds. The summed E-state index contributed by atoms with van der Waals surface area (Å²) in [6.07, 6.45) is 1.97. The molecule has 6 heteroatoms. The number of nitrogens with one attached hydrogen (secondary N) is 2. The molecule has 2 rings (SSSR count). The van der Waals surface area contributed by atoms with Crippen LogP contribution < -0.4 is 10.6 Å². The van der Waals surface area contributed by atoms with Crippen LogP contribution in [0, 0.1) is 12.8 Å². The summed E-state index contributed by atoms with van der Waals surface area (Å²) < 4.78 is 0. The van der Waals surface area contributed by atoms with Crippen LogP contribution in [0.3, 0.4) is 0 Å². The van der Waals surface area contributed by atoms with Gasteiger partial charge in [-0.15, -0.1) is 0 Å². The molecule has 126 valence electrons. The predicted molar refractivity (Wildman–Crippen MR) is 89.6 cm³/mol. The van der Waals surface area contributed by atoms with Gasteiger partial charge in [-0.25, -0.2) is 4.79 Å². The number of piperidine rings is 1. The number of benzene rings is 1. The van der Waals surface area contributed by atoms with Crippen molar-refractivity contribution in [2.24, 2.45) is 5.92 Å². The zero-order valence-corrected chi connectivity index (χ0v) is 13.7. The highest BCUT2D eigenvalue weighted by Crippen LogP contribution is 2.18. The van der Waals surface area contributed by atoms with Gasteiger partial charge in [0.1, 0.15) is 6.04 Å².